The minimum Gasteiger partial charge on any atom is -0.320 e. The molecule has 0 atom stereocenters. The van der Waals surface area contributed by atoms with Gasteiger partial charge in [-0.25, -0.2) is 21.9 Å². The molecule has 20 heavy (non-hydrogen) atoms. The van der Waals surface area contributed by atoms with Gasteiger partial charge in [0.05, 0.1) is 23.1 Å². The van der Waals surface area contributed by atoms with Crippen molar-refractivity contribution in [3.05, 3.63) is 27.7 Å². The predicted molar refractivity (Wildman–Crippen MR) is 73.6 cm³/mol. The zero-order valence-corrected chi connectivity index (χ0v) is 12.3. The van der Waals surface area contributed by atoms with Crippen LogP contribution in [0.25, 0.3) is 0 Å². The first-order chi connectivity index (χ1) is 9.27. The Morgan fingerprint density at radius 1 is 1.30 bits per heavy atom. The normalized spacial score (nSPS) is 11.3. The van der Waals surface area contributed by atoms with Crippen LogP contribution in [0.3, 0.4) is 0 Å². The lowest BCUT2D eigenvalue weighted by atomic mass is 10.2. The van der Waals surface area contributed by atoms with Crippen LogP contribution in [0.5, 0.6) is 0 Å². The fourth-order valence-electron chi connectivity index (χ4n) is 1.29. The monoisotopic (exact) mass is 342 g/mol. The van der Waals surface area contributed by atoms with Gasteiger partial charge in [0.25, 0.3) is 6.43 Å². The summed E-state index contributed by atoms with van der Waals surface area (Å²) in [6, 6.07) is 2.54. The third kappa shape index (κ3) is 4.58. The Kier molecular flexibility index (Phi) is 6.17. The van der Waals surface area contributed by atoms with Gasteiger partial charge in [0.15, 0.2) is 0 Å². The molecule has 0 bridgehead atoms. The van der Waals surface area contributed by atoms with E-state index in [1.807, 2.05) is 0 Å². The molecule has 0 aliphatic heterocycles. The smallest absolute Gasteiger partial charge is 0.251 e. The Morgan fingerprint density at radius 2 is 1.85 bits per heavy atom. The van der Waals surface area contributed by atoms with Crippen molar-refractivity contribution in [3.63, 3.8) is 0 Å². The summed E-state index contributed by atoms with van der Waals surface area (Å²) < 4.78 is 49.5. The highest BCUT2D eigenvalue weighted by atomic mass is 35.5. The van der Waals surface area contributed by atoms with Gasteiger partial charge < -0.3 is 5.73 Å². The molecule has 0 aliphatic carbocycles. The molecular formula is C11H10Cl2F2N2O2S. The SMILES string of the molecule is NCC#Cc1cc(Cl)c(S(=O)(=O)NCC(F)F)c(Cl)c1. The molecule has 1 rings (SSSR count). The minimum absolute atomic E-state index is 0.116. The maximum absolute atomic E-state index is 12.1. The molecule has 0 heterocycles. The van der Waals surface area contributed by atoms with Crippen molar-refractivity contribution >= 4 is 33.2 Å². The van der Waals surface area contributed by atoms with Crippen molar-refractivity contribution in [2.24, 2.45) is 5.73 Å². The summed E-state index contributed by atoms with van der Waals surface area (Å²) >= 11 is 11.6. The number of hydrogen-bond donors (Lipinski definition) is 2. The summed E-state index contributed by atoms with van der Waals surface area (Å²) in [5, 5.41) is -0.416. The molecule has 4 nitrogen and oxygen atoms in total. The number of nitrogens with two attached hydrogens (primary N) is 1. The number of nitrogens with one attached hydrogen (secondary N) is 1. The van der Waals surface area contributed by atoms with Crippen LogP contribution < -0.4 is 10.5 Å². The Morgan fingerprint density at radius 3 is 2.30 bits per heavy atom. The topological polar surface area (TPSA) is 72.2 Å². The van der Waals surface area contributed by atoms with Gasteiger partial charge in [0, 0.05) is 5.56 Å². The lowest BCUT2D eigenvalue weighted by Crippen LogP contribution is -2.29. The molecule has 3 N–H and O–H groups in total. The van der Waals surface area contributed by atoms with Gasteiger partial charge in [-0.3, -0.25) is 0 Å². The quantitative estimate of drug-likeness (QED) is 0.820. The Labute approximate surface area is 125 Å². The van der Waals surface area contributed by atoms with E-state index in [0.717, 1.165) is 0 Å². The van der Waals surface area contributed by atoms with Gasteiger partial charge in [0.2, 0.25) is 10.0 Å². The van der Waals surface area contributed by atoms with Crippen LogP contribution >= 0.6 is 23.2 Å². The fraction of sp³-hybridized carbons (Fsp3) is 0.273. The fourth-order valence-corrected chi connectivity index (χ4v) is 3.50. The summed E-state index contributed by atoms with van der Waals surface area (Å²) in [5.41, 5.74) is 5.58. The Bertz CT molecular complexity index is 631. The second-order valence-corrected chi connectivity index (χ2v) is 6.04. The highest BCUT2D eigenvalue weighted by molar-refractivity contribution is 7.89. The average molecular weight is 343 g/mol. The lowest BCUT2D eigenvalue weighted by Gasteiger charge is -2.10. The van der Waals surface area contributed by atoms with E-state index in [4.69, 9.17) is 28.9 Å². The maximum Gasteiger partial charge on any atom is 0.251 e. The van der Waals surface area contributed by atoms with Crippen LogP contribution in [-0.2, 0) is 10.0 Å². The van der Waals surface area contributed by atoms with Crippen LogP contribution in [0.4, 0.5) is 8.78 Å². The third-order valence-electron chi connectivity index (χ3n) is 2.03. The first-order valence-corrected chi connectivity index (χ1v) is 7.47. The molecule has 0 spiro atoms. The molecule has 0 aliphatic rings. The molecule has 0 aromatic heterocycles. The summed E-state index contributed by atoms with van der Waals surface area (Å²) in [5.74, 6) is 5.19. The van der Waals surface area contributed by atoms with E-state index >= 15 is 0 Å². The predicted octanol–water partition coefficient (Wildman–Crippen LogP) is 1.85. The molecule has 0 fully saturated rings. The Balaban J connectivity index is 3.20. The number of hydrogen-bond acceptors (Lipinski definition) is 3. The van der Waals surface area contributed by atoms with Crippen molar-refractivity contribution in [2.45, 2.75) is 11.3 Å². The third-order valence-corrected chi connectivity index (χ3v) is 4.37. The maximum atomic E-state index is 12.1. The number of alkyl halides is 2. The van der Waals surface area contributed by atoms with Crippen LogP contribution in [0.1, 0.15) is 5.56 Å². The highest BCUT2D eigenvalue weighted by Crippen LogP contribution is 2.30. The molecular weight excluding hydrogens is 333 g/mol. The van der Waals surface area contributed by atoms with Gasteiger partial charge in [-0.2, -0.15) is 0 Å². The number of benzene rings is 1. The van der Waals surface area contributed by atoms with Gasteiger partial charge in [-0.15, -0.1) is 0 Å². The van der Waals surface area contributed by atoms with Gasteiger partial charge in [0.1, 0.15) is 4.90 Å². The number of halogens is 4. The first kappa shape index (κ1) is 17.1. The summed E-state index contributed by atoms with van der Waals surface area (Å²) in [6.07, 6.45) is -2.82. The summed E-state index contributed by atoms with van der Waals surface area (Å²) in [6.45, 7) is -0.908. The molecule has 0 saturated heterocycles. The molecule has 1 aromatic rings. The van der Waals surface area contributed by atoms with Crippen molar-refractivity contribution in [1.82, 2.24) is 4.72 Å². The molecule has 1 aromatic carbocycles. The van der Waals surface area contributed by atoms with Crippen LogP contribution in [-0.4, -0.2) is 27.9 Å². The number of rotatable bonds is 4. The highest BCUT2D eigenvalue weighted by Gasteiger charge is 2.23. The van der Waals surface area contributed by atoms with E-state index in [9.17, 15) is 17.2 Å². The molecule has 0 saturated carbocycles. The van der Waals surface area contributed by atoms with E-state index in [-0.39, 0.29) is 16.6 Å². The summed E-state index contributed by atoms with van der Waals surface area (Å²) in [7, 11) is -4.22. The van der Waals surface area contributed by atoms with Gasteiger partial charge in [-0.05, 0) is 12.1 Å². The minimum atomic E-state index is -4.22. The van der Waals surface area contributed by atoms with Crippen LogP contribution in [0.2, 0.25) is 10.0 Å². The van der Waals surface area contributed by atoms with E-state index in [1.54, 1.807) is 4.72 Å². The molecule has 0 radical (unpaired) electrons. The van der Waals surface area contributed by atoms with E-state index in [0.29, 0.717) is 5.56 Å². The standard InChI is InChI=1S/C11H10Cl2F2N2O2S/c12-8-4-7(2-1-3-16)5-9(13)11(8)20(18,19)17-6-10(14)15/h4-5,10,17H,3,6,16H2. The molecule has 0 amide bonds. The van der Waals surface area contributed by atoms with Crippen molar-refractivity contribution in [2.75, 3.05) is 13.1 Å². The first-order valence-electron chi connectivity index (χ1n) is 5.23. The van der Waals surface area contributed by atoms with Gasteiger partial charge in [-0.1, -0.05) is 35.0 Å². The molecule has 9 heteroatoms. The molecule has 0 unspecified atom stereocenters. The lowest BCUT2D eigenvalue weighted by molar-refractivity contribution is 0.153. The van der Waals surface area contributed by atoms with Crippen molar-refractivity contribution in [1.29, 1.82) is 0 Å². The largest absolute Gasteiger partial charge is 0.320 e. The second-order valence-electron chi connectivity index (χ2n) is 3.52. The Hall–Kier alpha value is -0.910. The van der Waals surface area contributed by atoms with Crippen LogP contribution in [0.15, 0.2) is 17.0 Å². The molecule has 110 valence electrons. The second kappa shape index (κ2) is 7.20. The van der Waals surface area contributed by atoms with E-state index < -0.39 is 27.9 Å². The van der Waals surface area contributed by atoms with Crippen LogP contribution in [0, 0.1) is 11.8 Å². The van der Waals surface area contributed by atoms with Crippen molar-refractivity contribution in [3.8, 4) is 11.8 Å². The average Bonchev–Trinajstić information content (AvgIpc) is 2.33. The van der Waals surface area contributed by atoms with Crippen molar-refractivity contribution < 1.29 is 17.2 Å². The van der Waals surface area contributed by atoms with E-state index in [1.165, 1.54) is 12.1 Å². The van der Waals surface area contributed by atoms with Gasteiger partial charge >= 0.3 is 0 Å². The zero-order chi connectivity index (χ0) is 15.3. The van der Waals surface area contributed by atoms with E-state index in [2.05, 4.69) is 11.8 Å². The number of sulfonamides is 1. The summed E-state index contributed by atoms with van der Waals surface area (Å²) in [4.78, 5) is -0.459. The zero-order valence-electron chi connectivity index (χ0n) is 9.96.